The molecule has 12 nitrogen and oxygen atoms in total. The number of rotatable bonds is 9. The molecule has 0 spiro atoms. The van der Waals surface area contributed by atoms with Crippen molar-refractivity contribution < 1.29 is 48.3 Å². The molecule has 0 N–H and O–H groups in total. The smallest absolute Gasteiger partial charge is 0.498 e. The van der Waals surface area contributed by atoms with Crippen molar-refractivity contribution in [2.24, 2.45) is 0 Å². The van der Waals surface area contributed by atoms with E-state index >= 15 is 0 Å². The fourth-order valence-corrected chi connectivity index (χ4v) is 4.98. The molecule has 206 valence electrons. The fraction of sp³-hybridized carbons (Fsp3) is 0.160. The van der Waals surface area contributed by atoms with Gasteiger partial charge >= 0.3 is 49.6 Å². The summed E-state index contributed by atoms with van der Waals surface area (Å²) in [6, 6.07) is 7.88. The number of aromatic nitrogens is 6. The molecule has 0 aliphatic rings. The summed E-state index contributed by atoms with van der Waals surface area (Å²) in [5.41, 5.74) is 0. The molecule has 40 heavy (non-hydrogen) atoms. The number of imidazole rings is 3. The Hall–Kier alpha value is -3.50. The molecule has 4 radical (unpaired) electrons. The molecule has 15 heteroatoms. The molecule has 1 aromatic carbocycles. The van der Waals surface area contributed by atoms with Crippen LogP contribution in [-0.2, 0) is 49.7 Å². The summed E-state index contributed by atoms with van der Waals surface area (Å²) in [6.45, 7) is 14.3. The summed E-state index contributed by atoms with van der Waals surface area (Å²) in [5.74, 6) is -0.0417. The summed E-state index contributed by atoms with van der Waals surface area (Å²) < 4.78 is 50.4. The number of hydrogen-bond donors (Lipinski definition) is 0. The Bertz CT molecular complexity index is 1260. The average molecular weight is 645 g/mol. The number of nitrogens with zero attached hydrogens (tertiary/aromatic N) is 6. The van der Waals surface area contributed by atoms with Crippen LogP contribution in [-0.4, -0.2) is 62.3 Å². The molecule has 1 unspecified atom stereocenters. The molecule has 0 saturated carbocycles. The average Bonchev–Trinajstić information content (AvgIpc) is 3.80. The molecular weight excluding hydrogens is 619 g/mol. The number of carbonyl (C=O) groups excluding carboxylic acids is 1. The predicted molar refractivity (Wildman–Crippen MR) is 139 cm³/mol. The first-order valence-corrected chi connectivity index (χ1v) is 12.6. The topological polar surface area (TPSA) is 154 Å². The zero-order chi connectivity index (χ0) is 29.3. The molecule has 0 amide bonds. The molecule has 4 aromatic rings. The van der Waals surface area contributed by atoms with Gasteiger partial charge in [0.2, 0.25) is 7.12 Å². The van der Waals surface area contributed by atoms with Gasteiger partial charge in [-0.1, -0.05) is 25.1 Å². The predicted octanol–water partition coefficient (Wildman–Crippen LogP) is 2.15. The Morgan fingerprint density at radius 1 is 0.975 bits per heavy atom. The van der Waals surface area contributed by atoms with Gasteiger partial charge in [-0.3, -0.25) is 4.79 Å². The third-order valence-electron chi connectivity index (χ3n) is 5.14. The van der Waals surface area contributed by atoms with Gasteiger partial charge in [0.05, 0.1) is 31.0 Å². The van der Waals surface area contributed by atoms with Crippen LogP contribution in [0.15, 0.2) is 91.4 Å². The largest absolute Gasteiger partial charge is 2.00 e. The Balaban J connectivity index is 0.000000666. The van der Waals surface area contributed by atoms with E-state index in [2.05, 4.69) is 39.9 Å². The molecule has 0 fully saturated rings. The number of sulfone groups is 1. The van der Waals surface area contributed by atoms with E-state index in [1.165, 1.54) is 25.7 Å². The van der Waals surface area contributed by atoms with Crippen molar-refractivity contribution in [3.63, 3.8) is 0 Å². The van der Waals surface area contributed by atoms with Gasteiger partial charge in [-0.15, -0.1) is 0 Å². The van der Waals surface area contributed by atoms with Crippen molar-refractivity contribution in [1.82, 2.24) is 28.4 Å². The van der Waals surface area contributed by atoms with Crippen LogP contribution < -0.4 is 0 Å². The first kappa shape index (κ1) is 36.5. The first-order chi connectivity index (χ1) is 18.9. The van der Waals surface area contributed by atoms with Crippen LogP contribution in [0.4, 0.5) is 0 Å². The van der Waals surface area contributed by atoms with Gasteiger partial charge in [0.1, 0.15) is 0 Å². The van der Waals surface area contributed by atoms with Crippen LogP contribution in [0.2, 0.25) is 0 Å². The van der Waals surface area contributed by atoms with Crippen molar-refractivity contribution in [2.75, 3.05) is 7.11 Å². The molecule has 1 atom stereocenters. The Morgan fingerprint density at radius 2 is 1.40 bits per heavy atom. The van der Waals surface area contributed by atoms with Crippen molar-refractivity contribution in [3.05, 3.63) is 119 Å². The second-order valence-corrected chi connectivity index (χ2v) is 9.63. The molecule has 0 aliphatic carbocycles. The quantitative estimate of drug-likeness (QED) is 0.117. The molecule has 3 aromatic heterocycles. The maximum absolute atomic E-state index is 12.4. The standard InChI is InChI=1S/C14H17O4S.C9H9BN6.2CO.Mo/c1-4-11(2)10-13(14(15)18-3)19(16,17)12-8-6-5-7-9-12;1-4-14(7-11-1)10(15-5-2-12-8-15)16-6-3-13-9-16;2*1-2;/h4-9,13H,1,10H2,2-3H3;1-9H;;;/q;-1;;;+2. The number of benzene rings is 1. The summed E-state index contributed by atoms with van der Waals surface area (Å²) in [5, 5.41) is -1.24. The number of hydrogen-bond acceptors (Lipinski definition) is 7. The monoisotopic (exact) mass is 647 g/mol. The van der Waals surface area contributed by atoms with Crippen LogP contribution in [0, 0.1) is 32.6 Å². The number of esters is 1. The van der Waals surface area contributed by atoms with Crippen molar-refractivity contribution in [2.45, 2.75) is 23.5 Å². The van der Waals surface area contributed by atoms with Gasteiger partial charge in [0.25, 0.3) is 0 Å². The van der Waals surface area contributed by atoms with Crippen LogP contribution in [0.1, 0.15) is 13.3 Å². The number of carbonyl (C=O) groups is 1. The molecule has 0 aliphatic heterocycles. The van der Waals surface area contributed by atoms with Crippen LogP contribution in [0.3, 0.4) is 0 Å². The second kappa shape index (κ2) is 19.5. The van der Waals surface area contributed by atoms with Gasteiger partial charge in [-0.25, -0.2) is 23.4 Å². The van der Waals surface area contributed by atoms with E-state index in [4.69, 9.17) is 9.30 Å². The van der Waals surface area contributed by atoms with Gasteiger partial charge < -0.3 is 18.2 Å². The van der Waals surface area contributed by atoms with E-state index in [1.807, 2.05) is 32.0 Å². The fourth-order valence-electron chi connectivity index (χ4n) is 3.28. The molecule has 0 saturated heterocycles. The maximum Gasteiger partial charge on any atom is 2.00 e. The van der Waals surface area contributed by atoms with E-state index < -0.39 is 21.1 Å². The molecule has 3 heterocycles. The zero-order valence-corrected chi connectivity index (χ0v) is 24.5. The summed E-state index contributed by atoms with van der Waals surface area (Å²) in [6.07, 6.45) is 17.9. The Kier molecular flexibility index (Phi) is 17.8. The van der Waals surface area contributed by atoms with Crippen LogP contribution >= 0.6 is 0 Å². The first-order valence-electron chi connectivity index (χ1n) is 11.0. The molecule has 0 bridgehead atoms. The summed E-state index contributed by atoms with van der Waals surface area (Å²) >= 11 is 0. The number of ether oxygens (including phenoxy) is 1. The van der Waals surface area contributed by atoms with Gasteiger partial charge in [0.15, 0.2) is 15.1 Å². The Morgan fingerprint density at radius 3 is 1.73 bits per heavy atom. The molecular formula is C25H26BMoN6O6S+. The van der Waals surface area contributed by atoms with Crippen molar-refractivity contribution in [1.29, 1.82) is 0 Å². The third kappa shape index (κ3) is 10.2. The normalized spacial score (nSPS) is 10.8. The second-order valence-electron chi connectivity index (χ2n) is 7.50. The molecule has 4 rings (SSSR count). The van der Waals surface area contributed by atoms with Crippen LogP contribution in [0.5, 0.6) is 0 Å². The minimum Gasteiger partial charge on any atom is -0.498 e. The van der Waals surface area contributed by atoms with Crippen molar-refractivity contribution in [3.8, 4) is 0 Å². The number of methoxy groups -OCH3 is 1. The van der Waals surface area contributed by atoms with Gasteiger partial charge in [0, 0.05) is 18.6 Å². The van der Waals surface area contributed by atoms with E-state index in [1.54, 1.807) is 62.7 Å². The third-order valence-corrected chi connectivity index (χ3v) is 7.18. The minimum atomic E-state index is -3.76. The van der Waals surface area contributed by atoms with Gasteiger partial charge in [-0.2, -0.15) is 0 Å². The SMILES string of the molecule is [C-]#[O+].[C-]#[O+].[CH2][CH][C](C)CC(C(=O)OC)S(=O)(=O)c1ccccc1.[Mo+2].c1cn([B-](n2ccnc2)n2ccnc2)cn1. The maximum atomic E-state index is 12.4. The zero-order valence-electron chi connectivity index (χ0n) is 21.7. The van der Waals surface area contributed by atoms with E-state index in [0.717, 1.165) is 5.92 Å². The van der Waals surface area contributed by atoms with Crippen molar-refractivity contribution >= 4 is 22.9 Å². The Labute approximate surface area is 248 Å². The van der Waals surface area contributed by atoms with E-state index in [9.17, 15) is 13.2 Å². The van der Waals surface area contributed by atoms with E-state index in [0.29, 0.717) is 0 Å². The van der Waals surface area contributed by atoms with E-state index in [-0.39, 0.29) is 39.5 Å². The van der Waals surface area contributed by atoms with Crippen LogP contribution in [0.25, 0.3) is 0 Å². The minimum absolute atomic E-state index is 0. The summed E-state index contributed by atoms with van der Waals surface area (Å²) in [4.78, 5) is 24.0. The summed E-state index contributed by atoms with van der Waals surface area (Å²) in [7, 11) is -2.63. The van der Waals surface area contributed by atoms with Gasteiger partial charge in [-0.05, 0) is 56.4 Å².